The van der Waals surface area contributed by atoms with Gasteiger partial charge in [-0.2, -0.15) is 0 Å². The molecule has 266 valence electrons. The van der Waals surface area contributed by atoms with E-state index < -0.39 is 11.6 Å². The summed E-state index contributed by atoms with van der Waals surface area (Å²) in [6.07, 6.45) is 6.06. The van der Waals surface area contributed by atoms with Crippen molar-refractivity contribution in [3.05, 3.63) is 199 Å². The summed E-state index contributed by atoms with van der Waals surface area (Å²) in [6.45, 7) is 6.24. The standard InChI is InChI=1S/C53H34F2S/c1-3-4-19-34-32(2)47(35-20-8-9-21-36(35)48(34)33-17-6-5-7-18-33)42-27-14-28-43-50-41(26-15-31-46(50)56-53(42)43)49-37-22-10-12-24-39(37)51(40-25-13-11-23-38(40)49)52-44(54)29-16-30-45(52)55/h3-31H,1H2,2H3/b19-4-. The number of fused-ring (bicyclic) bond motifs is 6. The van der Waals surface area contributed by atoms with Crippen molar-refractivity contribution in [3.63, 3.8) is 0 Å². The second kappa shape index (κ2) is 13.6. The zero-order valence-corrected chi connectivity index (χ0v) is 31.4. The first-order chi connectivity index (χ1) is 27.5. The molecule has 0 aliphatic heterocycles. The van der Waals surface area contributed by atoms with E-state index in [9.17, 15) is 0 Å². The maximum absolute atomic E-state index is 15.6. The van der Waals surface area contributed by atoms with Crippen molar-refractivity contribution in [1.82, 2.24) is 0 Å². The molecule has 0 unspecified atom stereocenters. The second-order valence-corrected chi connectivity index (χ2v) is 15.2. The molecule has 3 heteroatoms. The topological polar surface area (TPSA) is 0 Å². The molecule has 0 bridgehead atoms. The lowest BCUT2D eigenvalue weighted by atomic mass is 9.83. The van der Waals surface area contributed by atoms with Gasteiger partial charge in [0.25, 0.3) is 0 Å². The molecule has 0 aliphatic rings. The molecular weight excluding hydrogens is 707 g/mol. The van der Waals surface area contributed by atoms with Gasteiger partial charge in [0.15, 0.2) is 0 Å². The first-order valence-corrected chi connectivity index (χ1v) is 19.6. The Morgan fingerprint density at radius 2 is 0.964 bits per heavy atom. The molecular formula is C53H34F2S. The number of hydrogen-bond acceptors (Lipinski definition) is 1. The average Bonchev–Trinajstić information content (AvgIpc) is 3.63. The summed E-state index contributed by atoms with van der Waals surface area (Å²) in [5.41, 5.74) is 9.89. The lowest BCUT2D eigenvalue weighted by molar-refractivity contribution is 0.590. The summed E-state index contributed by atoms with van der Waals surface area (Å²) in [4.78, 5) is 0. The molecule has 0 amide bonds. The highest BCUT2D eigenvalue weighted by molar-refractivity contribution is 7.26. The Kier molecular flexibility index (Phi) is 8.20. The van der Waals surface area contributed by atoms with E-state index in [1.165, 1.54) is 82.5 Å². The van der Waals surface area contributed by atoms with Crippen LogP contribution < -0.4 is 0 Å². The maximum atomic E-state index is 15.6. The Labute approximate surface area is 327 Å². The van der Waals surface area contributed by atoms with Gasteiger partial charge in [-0.05, 0) is 96.4 Å². The predicted molar refractivity (Wildman–Crippen MR) is 237 cm³/mol. The molecule has 0 aliphatic carbocycles. The fourth-order valence-electron chi connectivity index (χ4n) is 8.90. The van der Waals surface area contributed by atoms with E-state index in [-0.39, 0.29) is 5.56 Å². The van der Waals surface area contributed by atoms with Crippen LogP contribution in [-0.4, -0.2) is 0 Å². The maximum Gasteiger partial charge on any atom is 0.134 e. The van der Waals surface area contributed by atoms with Gasteiger partial charge in [0, 0.05) is 31.3 Å². The third-order valence-corrected chi connectivity index (χ3v) is 12.4. The summed E-state index contributed by atoms with van der Waals surface area (Å²) in [6, 6.07) is 52.8. The van der Waals surface area contributed by atoms with Crippen LogP contribution in [0.15, 0.2) is 176 Å². The van der Waals surface area contributed by atoms with Crippen molar-refractivity contribution >= 4 is 69.9 Å². The van der Waals surface area contributed by atoms with Gasteiger partial charge in [-0.15, -0.1) is 11.3 Å². The molecule has 0 saturated heterocycles. The van der Waals surface area contributed by atoms with Gasteiger partial charge in [-0.1, -0.05) is 164 Å². The monoisotopic (exact) mass is 740 g/mol. The van der Waals surface area contributed by atoms with Crippen molar-refractivity contribution in [3.8, 4) is 44.5 Å². The highest BCUT2D eigenvalue weighted by Gasteiger charge is 2.24. The summed E-state index contributed by atoms with van der Waals surface area (Å²) >= 11 is 1.81. The van der Waals surface area contributed by atoms with Crippen LogP contribution in [0.5, 0.6) is 0 Å². The third kappa shape index (κ3) is 5.16. The minimum Gasteiger partial charge on any atom is -0.206 e. The zero-order valence-electron chi connectivity index (χ0n) is 30.6. The highest BCUT2D eigenvalue weighted by Crippen LogP contribution is 2.51. The zero-order chi connectivity index (χ0) is 37.9. The first kappa shape index (κ1) is 33.9. The van der Waals surface area contributed by atoms with Crippen LogP contribution in [0, 0.1) is 18.6 Å². The van der Waals surface area contributed by atoms with Gasteiger partial charge in [0.1, 0.15) is 11.6 Å². The number of allylic oxidation sites excluding steroid dienone is 2. The molecule has 0 atom stereocenters. The third-order valence-electron chi connectivity index (χ3n) is 11.2. The average molecular weight is 741 g/mol. The molecule has 56 heavy (non-hydrogen) atoms. The Balaban J connectivity index is 1.30. The summed E-state index contributed by atoms with van der Waals surface area (Å²) in [5, 5.41) is 8.27. The first-order valence-electron chi connectivity index (χ1n) is 18.8. The van der Waals surface area contributed by atoms with Crippen molar-refractivity contribution in [1.29, 1.82) is 0 Å². The molecule has 0 radical (unpaired) electrons. The van der Waals surface area contributed by atoms with Gasteiger partial charge >= 0.3 is 0 Å². The molecule has 0 N–H and O–H groups in total. The lowest BCUT2D eigenvalue weighted by Gasteiger charge is -2.20. The minimum atomic E-state index is -0.575. The normalized spacial score (nSPS) is 11.8. The van der Waals surface area contributed by atoms with Gasteiger partial charge in [-0.3, -0.25) is 0 Å². The molecule has 1 heterocycles. The van der Waals surface area contributed by atoms with Gasteiger partial charge in [0.2, 0.25) is 0 Å². The van der Waals surface area contributed by atoms with E-state index in [4.69, 9.17) is 0 Å². The van der Waals surface area contributed by atoms with E-state index in [1.54, 1.807) is 0 Å². The van der Waals surface area contributed by atoms with E-state index in [0.717, 1.165) is 32.7 Å². The largest absolute Gasteiger partial charge is 0.206 e. The molecule has 0 nitrogen and oxygen atoms in total. The van der Waals surface area contributed by atoms with Gasteiger partial charge < -0.3 is 0 Å². The lowest BCUT2D eigenvalue weighted by Crippen LogP contribution is -1.96. The smallest absolute Gasteiger partial charge is 0.134 e. The van der Waals surface area contributed by atoms with Crippen LogP contribution in [0.4, 0.5) is 8.78 Å². The van der Waals surface area contributed by atoms with E-state index >= 15 is 8.78 Å². The Morgan fingerprint density at radius 3 is 1.59 bits per heavy atom. The Hall–Kier alpha value is -6.68. The molecule has 1 aromatic heterocycles. The van der Waals surface area contributed by atoms with Crippen LogP contribution in [-0.2, 0) is 0 Å². The number of benzene rings is 9. The summed E-state index contributed by atoms with van der Waals surface area (Å²) in [7, 11) is 0. The van der Waals surface area contributed by atoms with Crippen LogP contribution in [0.3, 0.4) is 0 Å². The van der Waals surface area contributed by atoms with E-state index in [0.29, 0.717) is 5.56 Å². The molecule has 9 aromatic carbocycles. The van der Waals surface area contributed by atoms with Crippen molar-refractivity contribution in [2.75, 3.05) is 0 Å². The molecule has 10 rings (SSSR count). The van der Waals surface area contributed by atoms with Gasteiger partial charge in [-0.25, -0.2) is 8.78 Å². The quantitative estimate of drug-likeness (QED) is 0.118. The number of hydrogen-bond donors (Lipinski definition) is 0. The molecule has 0 saturated carbocycles. The summed E-state index contributed by atoms with van der Waals surface area (Å²) < 4.78 is 33.6. The van der Waals surface area contributed by atoms with Crippen LogP contribution in [0.1, 0.15) is 11.1 Å². The van der Waals surface area contributed by atoms with E-state index in [1.807, 2.05) is 59.9 Å². The fraction of sp³-hybridized carbons (Fsp3) is 0.0189. The summed E-state index contributed by atoms with van der Waals surface area (Å²) in [5.74, 6) is -1.15. The predicted octanol–water partition coefficient (Wildman–Crippen LogP) is 16.0. The Bertz CT molecular complexity index is 3160. The minimum absolute atomic E-state index is 0.00142. The van der Waals surface area contributed by atoms with Crippen molar-refractivity contribution in [2.24, 2.45) is 0 Å². The van der Waals surface area contributed by atoms with Gasteiger partial charge in [0.05, 0.1) is 5.56 Å². The highest BCUT2D eigenvalue weighted by atomic mass is 32.1. The SMILES string of the molecule is C=C/C=C\c1c(C)c(-c2cccc3c2sc2cccc(-c4c5ccccc5c(-c5c(F)cccc5F)c5ccccc45)c23)c2ccccc2c1-c1ccccc1. The van der Waals surface area contributed by atoms with Crippen molar-refractivity contribution in [2.45, 2.75) is 6.92 Å². The number of thiophene rings is 1. The fourth-order valence-corrected chi connectivity index (χ4v) is 10.2. The molecule has 10 aromatic rings. The molecule has 0 fully saturated rings. The number of halogens is 2. The van der Waals surface area contributed by atoms with E-state index in [2.05, 4.69) is 123 Å². The van der Waals surface area contributed by atoms with Crippen LogP contribution in [0.25, 0.3) is 103 Å². The van der Waals surface area contributed by atoms with Crippen LogP contribution in [0.2, 0.25) is 0 Å². The van der Waals surface area contributed by atoms with Crippen molar-refractivity contribution < 1.29 is 8.78 Å². The van der Waals surface area contributed by atoms with Crippen LogP contribution >= 0.6 is 11.3 Å². The Morgan fingerprint density at radius 1 is 0.464 bits per heavy atom. The second-order valence-electron chi connectivity index (χ2n) is 14.2. The number of rotatable bonds is 6. The molecule has 0 spiro atoms.